The summed E-state index contributed by atoms with van der Waals surface area (Å²) in [7, 11) is 0. The van der Waals surface area contributed by atoms with Gasteiger partial charge >= 0.3 is 4.83 Å². The molecule has 0 aromatic carbocycles. The van der Waals surface area contributed by atoms with Crippen LogP contribution in [0.5, 0.6) is 0 Å². The first kappa shape index (κ1) is 6.36. The predicted molar refractivity (Wildman–Crippen MR) is 41.4 cm³/mol. The minimum atomic E-state index is -0.199. The molecule has 0 saturated heterocycles. The van der Waals surface area contributed by atoms with Crippen LogP contribution < -0.4 is 10.3 Å². The highest BCUT2D eigenvalue weighted by Crippen LogP contribution is 2.06. The van der Waals surface area contributed by atoms with Crippen LogP contribution in [0.1, 0.15) is 0 Å². The van der Waals surface area contributed by atoms with Crippen LogP contribution >= 0.6 is 11.5 Å². The summed E-state index contributed by atoms with van der Waals surface area (Å²) in [6.07, 6.45) is 1.37. The molecule has 2 aromatic heterocycles. The third kappa shape index (κ3) is 0.813. The maximum Gasteiger partial charge on any atom is 0.301 e. The van der Waals surface area contributed by atoms with Crippen LogP contribution in [0.3, 0.4) is 0 Å². The summed E-state index contributed by atoms with van der Waals surface area (Å²) in [6, 6.07) is 3.18. The van der Waals surface area contributed by atoms with E-state index in [1.165, 1.54) is 6.20 Å². The Morgan fingerprint density at radius 1 is 1.64 bits per heavy atom. The molecule has 0 aliphatic rings. The van der Waals surface area contributed by atoms with Crippen molar-refractivity contribution in [3.05, 3.63) is 33.9 Å². The molecule has 2 aromatic rings. The zero-order valence-corrected chi connectivity index (χ0v) is 6.22. The fourth-order valence-corrected chi connectivity index (χ4v) is 1.62. The molecule has 2 rings (SSSR count). The van der Waals surface area contributed by atoms with Crippen LogP contribution in [0.15, 0.2) is 23.1 Å². The second-order valence-corrected chi connectivity index (χ2v) is 2.88. The van der Waals surface area contributed by atoms with Crippen LogP contribution in [-0.2, 0) is 0 Å². The van der Waals surface area contributed by atoms with E-state index in [-0.39, 0.29) is 5.56 Å². The van der Waals surface area contributed by atoms with Gasteiger partial charge in [0.2, 0.25) is 0 Å². The lowest BCUT2D eigenvalue weighted by Gasteiger charge is -1.92. The van der Waals surface area contributed by atoms with Crippen molar-refractivity contribution in [1.29, 1.82) is 0 Å². The van der Waals surface area contributed by atoms with E-state index in [9.17, 15) is 10.0 Å². The summed E-state index contributed by atoms with van der Waals surface area (Å²) in [5.41, 5.74) is -0.199. The molecule has 1 N–H and O–H groups in total. The molecule has 0 amide bonds. The van der Waals surface area contributed by atoms with E-state index in [2.05, 4.69) is 4.37 Å². The Bertz CT molecular complexity index is 445. The zero-order chi connectivity index (χ0) is 7.84. The first-order valence-electron chi connectivity index (χ1n) is 2.98. The molecule has 11 heavy (non-hydrogen) atoms. The first-order chi connectivity index (χ1) is 5.29. The molecule has 4 nitrogen and oxygen atoms in total. The molecule has 2 heterocycles. The molecule has 0 radical (unpaired) electrons. The normalized spacial score (nSPS) is 10.5. The van der Waals surface area contributed by atoms with Gasteiger partial charge in [-0.3, -0.25) is 9.17 Å². The minimum Gasteiger partial charge on any atom is -0.618 e. The fraction of sp³-hybridized carbons (Fsp3) is 0. The average Bonchev–Trinajstić information content (AvgIpc) is 2.35. The largest absolute Gasteiger partial charge is 0.618 e. The van der Waals surface area contributed by atoms with Crippen molar-refractivity contribution in [1.82, 2.24) is 4.37 Å². The average molecular weight is 168 g/mol. The van der Waals surface area contributed by atoms with E-state index in [4.69, 9.17) is 0 Å². The van der Waals surface area contributed by atoms with Crippen molar-refractivity contribution in [2.75, 3.05) is 0 Å². The van der Waals surface area contributed by atoms with Crippen molar-refractivity contribution in [3.8, 4) is 0 Å². The summed E-state index contributed by atoms with van der Waals surface area (Å²) in [6.45, 7) is 0. The Balaban J connectivity index is 3.06. The Morgan fingerprint density at radius 2 is 2.45 bits per heavy atom. The molecule has 0 spiro atoms. The predicted octanol–water partition coefficient (Wildman–Crippen LogP) is 0.223. The molecular formula is C6H4N2O2S. The standard InChI is InChI=1S/C6H4N2O2S/c9-5-4-2-1-3-8(10)6(4)11-7-5/h1-3H,(H,7,9). The van der Waals surface area contributed by atoms with Gasteiger partial charge in [-0.25, -0.2) is 0 Å². The number of hydrogen-bond acceptors (Lipinski definition) is 3. The van der Waals surface area contributed by atoms with Gasteiger partial charge in [0.05, 0.1) is 0 Å². The minimum absolute atomic E-state index is 0.199. The molecule has 56 valence electrons. The van der Waals surface area contributed by atoms with Crippen molar-refractivity contribution in [3.63, 3.8) is 0 Å². The number of fused-ring (bicyclic) bond motifs is 1. The summed E-state index contributed by atoms with van der Waals surface area (Å²) in [4.78, 5) is 11.4. The smallest absolute Gasteiger partial charge is 0.301 e. The van der Waals surface area contributed by atoms with Crippen LogP contribution in [0, 0.1) is 5.21 Å². The fourth-order valence-electron chi connectivity index (χ4n) is 0.898. The van der Waals surface area contributed by atoms with Gasteiger partial charge in [-0.1, -0.05) is 0 Å². The highest BCUT2D eigenvalue weighted by molar-refractivity contribution is 7.12. The summed E-state index contributed by atoms with van der Waals surface area (Å²) >= 11 is 1.05. The third-order valence-electron chi connectivity index (χ3n) is 1.40. The Labute approximate surface area is 65.5 Å². The van der Waals surface area contributed by atoms with Gasteiger partial charge in [0, 0.05) is 17.6 Å². The van der Waals surface area contributed by atoms with Crippen LogP contribution in [-0.4, -0.2) is 4.37 Å². The number of H-pyrrole nitrogens is 1. The molecule has 5 heteroatoms. The van der Waals surface area contributed by atoms with Gasteiger partial charge in [0.15, 0.2) is 6.20 Å². The molecular weight excluding hydrogens is 164 g/mol. The summed E-state index contributed by atoms with van der Waals surface area (Å²) in [5, 5.41) is 11.4. The summed E-state index contributed by atoms with van der Waals surface area (Å²) in [5.74, 6) is 0. The highest BCUT2D eigenvalue weighted by atomic mass is 32.1. The molecule has 0 unspecified atom stereocenters. The molecule has 0 atom stereocenters. The van der Waals surface area contributed by atoms with Crippen molar-refractivity contribution in [2.24, 2.45) is 0 Å². The van der Waals surface area contributed by atoms with Crippen molar-refractivity contribution >= 4 is 21.7 Å². The van der Waals surface area contributed by atoms with Crippen LogP contribution in [0.4, 0.5) is 0 Å². The van der Waals surface area contributed by atoms with Gasteiger partial charge in [-0.2, -0.15) is 4.73 Å². The Kier molecular flexibility index (Phi) is 1.19. The number of pyridine rings is 1. The number of nitrogens with one attached hydrogen (secondary N) is 1. The van der Waals surface area contributed by atoms with Gasteiger partial charge in [0.1, 0.15) is 5.39 Å². The first-order valence-corrected chi connectivity index (χ1v) is 3.80. The quantitative estimate of drug-likeness (QED) is 0.452. The number of nitrogens with zero attached hydrogens (tertiary/aromatic N) is 1. The van der Waals surface area contributed by atoms with E-state index < -0.39 is 0 Å². The number of aromatic nitrogens is 2. The van der Waals surface area contributed by atoms with Crippen molar-refractivity contribution in [2.45, 2.75) is 0 Å². The van der Waals surface area contributed by atoms with Gasteiger partial charge < -0.3 is 5.21 Å². The van der Waals surface area contributed by atoms with E-state index in [1.807, 2.05) is 0 Å². The number of rotatable bonds is 0. The lowest BCUT2D eigenvalue weighted by atomic mass is 10.4. The van der Waals surface area contributed by atoms with Gasteiger partial charge in [-0.15, -0.1) is 0 Å². The van der Waals surface area contributed by atoms with Crippen LogP contribution in [0.2, 0.25) is 0 Å². The lowest BCUT2D eigenvalue weighted by molar-refractivity contribution is -0.574. The molecule has 0 bridgehead atoms. The van der Waals surface area contributed by atoms with E-state index in [1.54, 1.807) is 12.1 Å². The topological polar surface area (TPSA) is 59.8 Å². The summed E-state index contributed by atoms with van der Waals surface area (Å²) < 4.78 is 3.16. The van der Waals surface area contributed by atoms with E-state index in [0.717, 1.165) is 11.5 Å². The van der Waals surface area contributed by atoms with Crippen LogP contribution in [0.25, 0.3) is 10.2 Å². The molecule has 0 saturated carbocycles. The van der Waals surface area contributed by atoms with E-state index in [0.29, 0.717) is 14.9 Å². The second kappa shape index (κ2) is 2.06. The van der Waals surface area contributed by atoms with Crippen molar-refractivity contribution < 1.29 is 4.73 Å². The molecule has 0 fully saturated rings. The Morgan fingerprint density at radius 3 is 3.18 bits per heavy atom. The third-order valence-corrected chi connectivity index (χ3v) is 2.28. The monoisotopic (exact) mass is 168 g/mol. The number of aromatic amines is 1. The molecule has 0 aliphatic carbocycles. The van der Waals surface area contributed by atoms with E-state index >= 15 is 0 Å². The SMILES string of the molecule is O=c1[nH]sc2c1ccc[n+]2[O-]. The maximum absolute atomic E-state index is 11.0. The second-order valence-electron chi connectivity index (χ2n) is 2.09. The van der Waals surface area contributed by atoms with Gasteiger partial charge in [-0.05, 0) is 6.07 Å². The highest BCUT2D eigenvalue weighted by Gasteiger charge is 2.07. The number of hydrogen-bond donors (Lipinski definition) is 1. The zero-order valence-electron chi connectivity index (χ0n) is 5.40. The maximum atomic E-state index is 11.0. The lowest BCUT2D eigenvalue weighted by Crippen LogP contribution is -2.24. The molecule has 0 aliphatic heterocycles. The Hall–Kier alpha value is -1.36. The van der Waals surface area contributed by atoms with Gasteiger partial charge in [0.25, 0.3) is 5.56 Å².